The number of nitrogens with zero attached hydrogens (tertiary/aromatic N) is 1. The molecule has 1 aliphatic rings. The Morgan fingerprint density at radius 3 is 2.48 bits per heavy atom. The van der Waals surface area contributed by atoms with Crippen LogP contribution in [0.5, 0.6) is 5.75 Å². The Morgan fingerprint density at radius 2 is 1.83 bits per heavy atom. The molecular weight excluding hydrogens is 583 g/mol. The summed E-state index contributed by atoms with van der Waals surface area (Å²) >= 11 is 0. The molecule has 1 unspecified atom stereocenters. The summed E-state index contributed by atoms with van der Waals surface area (Å²) < 4.78 is 65.0. The average molecular weight is 614 g/mol. The van der Waals surface area contributed by atoms with Crippen LogP contribution in [0.2, 0.25) is 0 Å². The van der Waals surface area contributed by atoms with Crippen LogP contribution in [0.4, 0.5) is 8.78 Å². The molecular formula is C26H30F2N3O10P. The zero-order chi connectivity index (χ0) is 30.8. The SMILES string of the molecule is CC(C)OC(=O)[C@H](C)NP(=O)(OC[C@@]1(C(F)F)O[C@@H](n2ccc(=O)[nH]c2=O)[C@H](O)[C@@H]1O)Oc1ccc2ccccc2c1. The van der Waals surface area contributed by atoms with Crippen molar-refractivity contribution in [3.05, 3.63) is 75.6 Å². The molecule has 42 heavy (non-hydrogen) atoms. The number of alkyl halides is 2. The second-order valence-electron chi connectivity index (χ2n) is 9.92. The van der Waals surface area contributed by atoms with E-state index < -0.39 is 74.2 Å². The number of hydrogen-bond donors (Lipinski definition) is 4. The second-order valence-corrected chi connectivity index (χ2v) is 11.6. The molecule has 16 heteroatoms. The lowest BCUT2D eigenvalue weighted by molar-refractivity contribution is -0.192. The lowest BCUT2D eigenvalue weighted by Gasteiger charge is -2.32. The van der Waals surface area contributed by atoms with Crippen molar-refractivity contribution >= 4 is 24.5 Å². The third-order valence-corrected chi connectivity index (χ3v) is 8.04. The summed E-state index contributed by atoms with van der Waals surface area (Å²) in [5.41, 5.74) is -4.92. The van der Waals surface area contributed by atoms with E-state index in [1.807, 2.05) is 11.1 Å². The molecule has 6 atom stereocenters. The standard InChI is InChI=1S/C26H30F2N3O10P/c1-14(2)39-23(35)15(3)30-42(37,41-18-9-8-16-6-4-5-7-17(16)12-18)38-13-26(24(27)28)21(34)20(33)22(40-26)31-11-10-19(32)29-25(31)36/h4-12,14-15,20-22,24,33-34H,13H2,1-3H3,(H,30,37)(H,29,32,36)/t15-,20+,21-,22+,26+,42?/m0/s1. The van der Waals surface area contributed by atoms with E-state index in [-0.39, 0.29) is 5.75 Å². The van der Waals surface area contributed by atoms with Crippen LogP contribution >= 0.6 is 7.75 Å². The fraction of sp³-hybridized carbons (Fsp3) is 0.423. The maximum absolute atomic E-state index is 14.5. The largest absolute Gasteiger partial charge is 0.462 e. The van der Waals surface area contributed by atoms with Crippen molar-refractivity contribution in [1.29, 1.82) is 0 Å². The number of nitrogens with one attached hydrogen (secondary N) is 2. The van der Waals surface area contributed by atoms with Crippen molar-refractivity contribution in [3.63, 3.8) is 0 Å². The van der Waals surface area contributed by atoms with Crippen LogP contribution in [0.3, 0.4) is 0 Å². The molecule has 3 aromatic rings. The Hall–Kier alpha value is -3.46. The van der Waals surface area contributed by atoms with Gasteiger partial charge in [-0.15, -0.1) is 0 Å². The predicted molar refractivity (Wildman–Crippen MR) is 144 cm³/mol. The Morgan fingerprint density at radius 1 is 1.14 bits per heavy atom. The molecule has 0 bridgehead atoms. The smallest absolute Gasteiger partial charge is 0.459 e. The molecule has 1 fully saturated rings. The Kier molecular flexibility index (Phi) is 9.30. The van der Waals surface area contributed by atoms with E-state index in [9.17, 15) is 37.9 Å². The summed E-state index contributed by atoms with van der Waals surface area (Å²) in [6, 6.07) is 11.3. The molecule has 4 N–H and O–H groups in total. The van der Waals surface area contributed by atoms with Gasteiger partial charge in [0.15, 0.2) is 11.8 Å². The minimum Gasteiger partial charge on any atom is -0.462 e. The number of benzene rings is 2. The minimum absolute atomic E-state index is 0.00866. The molecule has 1 saturated heterocycles. The summed E-state index contributed by atoms with van der Waals surface area (Å²) in [6.07, 6.45) is -9.53. The average Bonchev–Trinajstić information content (AvgIpc) is 3.17. The first-order valence-electron chi connectivity index (χ1n) is 12.8. The molecule has 0 saturated carbocycles. The number of ether oxygens (including phenoxy) is 2. The number of halogens is 2. The van der Waals surface area contributed by atoms with E-state index in [4.69, 9.17) is 18.5 Å². The maximum Gasteiger partial charge on any atom is 0.459 e. The number of esters is 1. The predicted octanol–water partition coefficient (Wildman–Crippen LogP) is 2.08. The maximum atomic E-state index is 14.5. The number of fused-ring (bicyclic) bond motifs is 1. The summed E-state index contributed by atoms with van der Waals surface area (Å²) in [5, 5.41) is 25.1. The fourth-order valence-corrected chi connectivity index (χ4v) is 5.81. The number of aromatic amines is 1. The number of aliphatic hydroxyl groups is 2. The highest BCUT2D eigenvalue weighted by Crippen LogP contribution is 2.49. The molecule has 2 heterocycles. The van der Waals surface area contributed by atoms with E-state index in [1.54, 1.807) is 38.1 Å². The van der Waals surface area contributed by atoms with Gasteiger partial charge in [0.1, 0.15) is 24.0 Å². The molecule has 13 nitrogen and oxygen atoms in total. The van der Waals surface area contributed by atoms with Crippen molar-refractivity contribution in [3.8, 4) is 5.75 Å². The van der Waals surface area contributed by atoms with E-state index >= 15 is 0 Å². The van der Waals surface area contributed by atoms with Crippen LogP contribution < -0.4 is 20.9 Å². The van der Waals surface area contributed by atoms with Crippen LogP contribution in [0.1, 0.15) is 27.0 Å². The molecule has 0 radical (unpaired) electrons. The van der Waals surface area contributed by atoms with Gasteiger partial charge in [0.2, 0.25) is 0 Å². The molecule has 1 aliphatic heterocycles. The molecule has 2 aromatic carbocycles. The topological polar surface area (TPSA) is 178 Å². The fourth-order valence-electron chi connectivity index (χ4n) is 4.28. The Labute approximate surface area is 237 Å². The first-order valence-corrected chi connectivity index (χ1v) is 14.3. The van der Waals surface area contributed by atoms with Crippen LogP contribution in [-0.4, -0.2) is 68.7 Å². The third kappa shape index (κ3) is 6.61. The lowest BCUT2D eigenvalue weighted by Crippen LogP contribution is -2.53. The van der Waals surface area contributed by atoms with Crippen LogP contribution in [0.15, 0.2) is 64.3 Å². The number of carbonyl (C=O) groups excluding carboxylic acids is 1. The molecule has 0 amide bonds. The van der Waals surface area contributed by atoms with Gasteiger partial charge in [0.25, 0.3) is 12.0 Å². The normalized spacial score (nSPS) is 24.5. The van der Waals surface area contributed by atoms with Crippen molar-refractivity contribution in [2.45, 2.75) is 63.4 Å². The Balaban J connectivity index is 1.65. The highest BCUT2D eigenvalue weighted by atomic mass is 31.2. The zero-order valence-electron chi connectivity index (χ0n) is 22.7. The molecule has 0 spiro atoms. The van der Waals surface area contributed by atoms with Gasteiger partial charge in [-0.1, -0.05) is 30.3 Å². The number of aliphatic hydroxyl groups excluding tert-OH is 2. The van der Waals surface area contributed by atoms with Gasteiger partial charge < -0.3 is 24.2 Å². The summed E-state index contributed by atoms with van der Waals surface area (Å²) in [6.45, 7) is 3.14. The van der Waals surface area contributed by atoms with Crippen LogP contribution in [0, 0.1) is 0 Å². The molecule has 228 valence electrons. The zero-order valence-corrected chi connectivity index (χ0v) is 23.6. The third-order valence-electron chi connectivity index (χ3n) is 6.41. The van der Waals surface area contributed by atoms with Crippen molar-refractivity contribution < 1.29 is 46.9 Å². The molecule has 4 rings (SSSR count). The lowest BCUT2D eigenvalue weighted by atomic mass is 9.96. The second kappa shape index (κ2) is 12.4. The number of H-pyrrole nitrogens is 1. The van der Waals surface area contributed by atoms with E-state index in [1.165, 1.54) is 19.1 Å². The van der Waals surface area contributed by atoms with Gasteiger partial charge in [-0.3, -0.25) is 23.7 Å². The van der Waals surface area contributed by atoms with Gasteiger partial charge in [0.05, 0.1) is 12.7 Å². The van der Waals surface area contributed by atoms with Crippen LogP contribution in [0.25, 0.3) is 10.8 Å². The van der Waals surface area contributed by atoms with Gasteiger partial charge in [-0.2, -0.15) is 5.09 Å². The Bertz CT molecular complexity index is 1600. The number of aromatic nitrogens is 2. The first kappa shape index (κ1) is 31.5. The highest BCUT2D eigenvalue weighted by Gasteiger charge is 2.61. The van der Waals surface area contributed by atoms with E-state index in [2.05, 4.69) is 5.09 Å². The van der Waals surface area contributed by atoms with Gasteiger partial charge in [-0.25, -0.2) is 18.1 Å². The van der Waals surface area contributed by atoms with Crippen molar-refractivity contribution in [2.75, 3.05) is 6.61 Å². The van der Waals surface area contributed by atoms with Gasteiger partial charge in [-0.05, 0) is 43.7 Å². The number of carbonyl (C=O) groups is 1. The van der Waals surface area contributed by atoms with Crippen molar-refractivity contribution in [2.24, 2.45) is 0 Å². The van der Waals surface area contributed by atoms with Gasteiger partial charge in [0, 0.05) is 12.3 Å². The van der Waals surface area contributed by atoms with Crippen LogP contribution in [-0.2, 0) is 23.4 Å². The molecule has 0 aliphatic carbocycles. The highest BCUT2D eigenvalue weighted by molar-refractivity contribution is 7.52. The summed E-state index contributed by atoms with van der Waals surface area (Å²) in [5.74, 6) is -0.852. The quantitative estimate of drug-likeness (QED) is 0.184. The minimum atomic E-state index is -4.73. The first-order chi connectivity index (χ1) is 19.7. The molecule has 1 aromatic heterocycles. The van der Waals surface area contributed by atoms with Gasteiger partial charge >= 0.3 is 19.4 Å². The number of hydrogen-bond acceptors (Lipinski definition) is 10. The summed E-state index contributed by atoms with van der Waals surface area (Å²) in [4.78, 5) is 38.0. The van der Waals surface area contributed by atoms with E-state index in [0.29, 0.717) is 9.95 Å². The van der Waals surface area contributed by atoms with Crippen molar-refractivity contribution in [1.82, 2.24) is 14.6 Å². The monoisotopic (exact) mass is 613 g/mol. The summed E-state index contributed by atoms with van der Waals surface area (Å²) in [7, 11) is -4.73. The number of rotatable bonds is 11. The van der Waals surface area contributed by atoms with E-state index in [0.717, 1.165) is 17.6 Å².